The molecule has 2 aromatic rings. The molecule has 1 aliphatic heterocycles. The van der Waals surface area contributed by atoms with Crippen LogP contribution in [0.4, 0.5) is 10.1 Å². The Kier molecular flexibility index (Phi) is 3.75. The molecule has 0 amide bonds. The number of halogens is 1. The lowest BCUT2D eigenvalue weighted by Gasteiger charge is -2.29. The molecule has 2 heterocycles. The van der Waals surface area contributed by atoms with E-state index in [1.54, 1.807) is 6.07 Å². The second kappa shape index (κ2) is 5.81. The molecule has 24 heavy (non-hydrogen) atoms. The van der Waals surface area contributed by atoms with Crippen LogP contribution in [-0.2, 0) is 0 Å². The van der Waals surface area contributed by atoms with Crippen LogP contribution in [0.25, 0.3) is 10.9 Å². The van der Waals surface area contributed by atoms with E-state index in [1.165, 1.54) is 12.3 Å². The number of fused-ring (bicyclic) bond motifs is 1. The first-order valence-electron chi connectivity index (χ1n) is 8.00. The molecule has 1 saturated carbocycles. The lowest BCUT2D eigenvalue weighted by atomic mass is 10.1. The molecular weight excluding hydrogens is 331 g/mol. The van der Waals surface area contributed by atoms with Crippen LogP contribution in [0.3, 0.4) is 0 Å². The summed E-state index contributed by atoms with van der Waals surface area (Å²) in [4.78, 5) is 25.8. The average Bonchev–Trinajstić information content (AvgIpc) is 3.40. The van der Waals surface area contributed by atoms with E-state index >= 15 is 0 Å². The normalized spacial score (nSPS) is 18.1. The van der Waals surface area contributed by atoms with Crippen molar-refractivity contribution in [3.63, 3.8) is 0 Å². The Labute approximate surface area is 142 Å². The molecule has 2 aliphatic rings. The highest BCUT2D eigenvalue weighted by atomic mass is 32.2. The van der Waals surface area contributed by atoms with E-state index in [9.17, 15) is 19.1 Å². The van der Waals surface area contributed by atoms with Crippen molar-refractivity contribution in [2.24, 2.45) is 0 Å². The van der Waals surface area contributed by atoms with Gasteiger partial charge in [-0.05, 0) is 25.0 Å². The van der Waals surface area contributed by atoms with E-state index in [-0.39, 0.29) is 17.0 Å². The van der Waals surface area contributed by atoms with Crippen LogP contribution < -0.4 is 10.3 Å². The molecule has 2 fully saturated rings. The molecule has 126 valence electrons. The van der Waals surface area contributed by atoms with Gasteiger partial charge in [0.25, 0.3) is 0 Å². The second-order valence-electron chi connectivity index (χ2n) is 6.24. The Bertz CT molecular complexity index is 886. The van der Waals surface area contributed by atoms with E-state index in [2.05, 4.69) is 0 Å². The zero-order valence-electron chi connectivity index (χ0n) is 13.0. The Balaban J connectivity index is 1.95. The molecule has 1 saturated heterocycles. The lowest BCUT2D eigenvalue weighted by molar-refractivity contribution is 0.0695. The lowest BCUT2D eigenvalue weighted by Crippen LogP contribution is -2.33. The summed E-state index contributed by atoms with van der Waals surface area (Å²) in [6, 6.07) is 3.12. The van der Waals surface area contributed by atoms with Crippen LogP contribution in [0.5, 0.6) is 0 Å². The number of aromatic carboxylic acids is 1. The van der Waals surface area contributed by atoms with Gasteiger partial charge in [-0.15, -0.1) is 0 Å². The van der Waals surface area contributed by atoms with Crippen LogP contribution in [0, 0.1) is 5.82 Å². The quantitative estimate of drug-likeness (QED) is 0.924. The first-order valence-corrected chi connectivity index (χ1v) is 9.16. The predicted octanol–water partition coefficient (Wildman–Crippen LogP) is 2.73. The highest BCUT2D eigenvalue weighted by molar-refractivity contribution is 7.99. The van der Waals surface area contributed by atoms with Crippen LogP contribution in [0.2, 0.25) is 0 Å². The number of carbonyl (C=O) groups is 1. The van der Waals surface area contributed by atoms with Crippen molar-refractivity contribution in [2.45, 2.75) is 18.9 Å². The Morgan fingerprint density at radius 3 is 2.58 bits per heavy atom. The number of hydrogen-bond donors (Lipinski definition) is 1. The number of pyridine rings is 1. The summed E-state index contributed by atoms with van der Waals surface area (Å²) in [6.07, 6.45) is 3.31. The number of aromatic nitrogens is 1. The van der Waals surface area contributed by atoms with E-state index in [0.29, 0.717) is 11.2 Å². The molecule has 0 spiro atoms. The van der Waals surface area contributed by atoms with Crippen LogP contribution in [0.1, 0.15) is 29.2 Å². The summed E-state index contributed by atoms with van der Waals surface area (Å²) in [5.74, 6) is 0.167. The number of thioether (sulfide) groups is 1. The van der Waals surface area contributed by atoms with Crippen molar-refractivity contribution in [2.75, 3.05) is 29.5 Å². The molecule has 7 heteroatoms. The minimum Gasteiger partial charge on any atom is -0.477 e. The summed E-state index contributed by atoms with van der Waals surface area (Å²) in [5, 5.41) is 9.41. The second-order valence-corrected chi connectivity index (χ2v) is 7.46. The largest absolute Gasteiger partial charge is 0.477 e. The smallest absolute Gasteiger partial charge is 0.341 e. The number of anilines is 1. The van der Waals surface area contributed by atoms with Gasteiger partial charge in [0.15, 0.2) is 0 Å². The maximum absolute atomic E-state index is 14.6. The van der Waals surface area contributed by atoms with Crippen molar-refractivity contribution >= 4 is 34.3 Å². The van der Waals surface area contributed by atoms with Gasteiger partial charge in [-0.25, -0.2) is 9.18 Å². The minimum absolute atomic E-state index is 0.148. The summed E-state index contributed by atoms with van der Waals surface area (Å²) >= 11 is 1.84. The van der Waals surface area contributed by atoms with Gasteiger partial charge in [-0.3, -0.25) is 4.79 Å². The van der Waals surface area contributed by atoms with Crippen molar-refractivity contribution in [1.29, 1.82) is 0 Å². The molecule has 1 aliphatic carbocycles. The van der Waals surface area contributed by atoms with Gasteiger partial charge >= 0.3 is 5.97 Å². The van der Waals surface area contributed by atoms with E-state index in [1.807, 2.05) is 21.2 Å². The third-order valence-corrected chi connectivity index (χ3v) is 5.57. The summed E-state index contributed by atoms with van der Waals surface area (Å²) < 4.78 is 16.5. The third kappa shape index (κ3) is 2.56. The number of carboxylic acid groups (broad SMARTS) is 1. The van der Waals surface area contributed by atoms with Crippen LogP contribution in [-0.4, -0.2) is 40.2 Å². The minimum atomic E-state index is -1.27. The molecule has 0 unspecified atom stereocenters. The maximum Gasteiger partial charge on any atom is 0.341 e. The van der Waals surface area contributed by atoms with Crippen molar-refractivity contribution in [1.82, 2.24) is 4.57 Å². The predicted molar refractivity (Wildman–Crippen MR) is 92.9 cm³/mol. The SMILES string of the molecule is O=C(O)c1cn(C2CC2)c2cc(N3CCSCC3)c(F)cc2c1=O. The van der Waals surface area contributed by atoms with Crippen LogP contribution >= 0.6 is 11.8 Å². The topological polar surface area (TPSA) is 62.5 Å². The fourth-order valence-corrected chi connectivity index (χ4v) is 4.12. The first-order chi connectivity index (χ1) is 11.6. The van der Waals surface area contributed by atoms with E-state index in [0.717, 1.165) is 37.4 Å². The van der Waals surface area contributed by atoms with Crippen molar-refractivity contribution < 1.29 is 14.3 Å². The highest BCUT2D eigenvalue weighted by Crippen LogP contribution is 2.38. The highest BCUT2D eigenvalue weighted by Gasteiger charge is 2.28. The van der Waals surface area contributed by atoms with Gasteiger partial charge in [0.05, 0.1) is 11.2 Å². The maximum atomic E-state index is 14.6. The molecule has 1 N–H and O–H groups in total. The van der Waals surface area contributed by atoms with E-state index in [4.69, 9.17) is 0 Å². The van der Waals surface area contributed by atoms with Gasteiger partial charge in [-0.2, -0.15) is 11.8 Å². The van der Waals surface area contributed by atoms with E-state index < -0.39 is 17.2 Å². The standard InChI is InChI=1S/C17H17FN2O3S/c18-13-7-11-14(8-15(13)19-3-5-24-6-4-19)20(10-1-2-10)9-12(16(11)21)17(22)23/h7-10H,1-6H2,(H,22,23). The Morgan fingerprint density at radius 2 is 1.96 bits per heavy atom. The molecule has 5 nitrogen and oxygen atoms in total. The molecule has 1 aromatic heterocycles. The zero-order chi connectivity index (χ0) is 16.8. The molecule has 0 atom stereocenters. The number of hydrogen-bond acceptors (Lipinski definition) is 4. The van der Waals surface area contributed by atoms with Crippen molar-refractivity contribution in [3.05, 3.63) is 39.9 Å². The van der Waals surface area contributed by atoms with Gasteiger partial charge in [0, 0.05) is 42.2 Å². The summed E-state index contributed by atoms with van der Waals surface area (Å²) in [5.41, 5.74) is 0.215. The Hall–Kier alpha value is -2.02. The van der Waals surface area contributed by atoms with Gasteiger partial charge in [-0.1, -0.05) is 0 Å². The number of carboxylic acids is 1. The van der Waals surface area contributed by atoms with Gasteiger partial charge in [0.1, 0.15) is 11.4 Å². The van der Waals surface area contributed by atoms with Gasteiger partial charge < -0.3 is 14.6 Å². The Morgan fingerprint density at radius 1 is 1.25 bits per heavy atom. The molecule has 1 aromatic carbocycles. The number of nitrogens with zero attached hydrogens (tertiary/aromatic N) is 2. The fourth-order valence-electron chi connectivity index (χ4n) is 3.21. The summed E-state index contributed by atoms with van der Waals surface area (Å²) in [6.45, 7) is 1.54. The number of rotatable bonds is 3. The monoisotopic (exact) mass is 348 g/mol. The molecular formula is C17H17FN2O3S. The fraction of sp³-hybridized carbons (Fsp3) is 0.412. The third-order valence-electron chi connectivity index (χ3n) is 4.62. The number of benzene rings is 1. The molecule has 0 radical (unpaired) electrons. The first kappa shape index (κ1) is 15.5. The van der Waals surface area contributed by atoms with Crippen molar-refractivity contribution in [3.8, 4) is 0 Å². The molecule has 4 rings (SSSR count). The van der Waals surface area contributed by atoms with Crippen LogP contribution in [0.15, 0.2) is 23.1 Å². The molecule has 0 bridgehead atoms. The van der Waals surface area contributed by atoms with Gasteiger partial charge in [0.2, 0.25) is 5.43 Å². The average molecular weight is 348 g/mol. The summed E-state index contributed by atoms with van der Waals surface area (Å²) in [7, 11) is 0. The zero-order valence-corrected chi connectivity index (χ0v) is 13.8.